The van der Waals surface area contributed by atoms with Crippen molar-refractivity contribution in [3.63, 3.8) is 0 Å². The molecular weight excluding hydrogens is 172 g/mol. The quantitative estimate of drug-likeness (QED) is 0.498. The maximum atomic E-state index is 5.60. The van der Waals surface area contributed by atoms with Crippen molar-refractivity contribution in [2.45, 2.75) is 5.88 Å². The van der Waals surface area contributed by atoms with Crippen LogP contribution in [0.5, 0.6) is 5.75 Å². The molecule has 1 aromatic carbocycles. The Bertz CT molecular complexity index is 196. The second-order valence-corrected chi connectivity index (χ2v) is 2.25. The Hall–Kier alpha value is 0.0762. The number of hydrogen-bond acceptors (Lipinski definition) is 1. The molecule has 0 fully saturated rings. The lowest BCUT2D eigenvalue weighted by atomic mass is 10.2. The third-order valence-electron chi connectivity index (χ3n) is 1.29. The molecule has 0 unspecified atom stereocenters. The summed E-state index contributed by atoms with van der Waals surface area (Å²) in [7, 11) is 1.65. The molecule has 3 heteroatoms. The van der Waals surface area contributed by atoms with E-state index in [1.807, 2.05) is 24.3 Å². The number of rotatable bonds is 2. The zero-order valence-electron chi connectivity index (χ0n) is 5.80. The maximum Gasteiger partial charge on any atom is 0.316 e. The zero-order chi connectivity index (χ0) is 7.40. The molecule has 1 rings (SSSR count). The Kier molecular flexibility index (Phi) is 5.73. The number of ether oxygens (including phenoxy) is 1. The molecule has 0 spiro atoms. The van der Waals surface area contributed by atoms with E-state index in [0.29, 0.717) is 5.88 Å². The Balaban J connectivity index is 0.000001000. The van der Waals surface area contributed by atoms with Gasteiger partial charge in [-0.1, -0.05) is 12.1 Å². The lowest BCUT2D eigenvalue weighted by molar-refractivity contribution is 0.414. The smallest absolute Gasteiger partial charge is 0.316 e. The summed E-state index contributed by atoms with van der Waals surface area (Å²) in [4.78, 5) is 0. The zero-order valence-corrected chi connectivity index (χ0v) is 6.56. The summed E-state index contributed by atoms with van der Waals surface area (Å²) in [6.45, 7) is 0. The molecule has 0 radical (unpaired) electrons. The fraction of sp³-hybridized carbons (Fsp3) is 0.250. The molecule has 0 aliphatic carbocycles. The summed E-state index contributed by atoms with van der Waals surface area (Å²) in [6.07, 6.45) is 0. The van der Waals surface area contributed by atoms with Crippen LogP contribution in [0.2, 0.25) is 0 Å². The minimum absolute atomic E-state index is 0. The van der Waals surface area contributed by atoms with Crippen molar-refractivity contribution in [3.8, 4) is 5.75 Å². The largest absolute Gasteiger partial charge is 0.497 e. The highest BCUT2D eigenvalue weighted by molar-refractivity contribution is 6.17. The van der Waals surface area contributed by atoms with Crippen LogP contribution in [0.15, 0.2) is 24.3 Å². The summed E-state index contributed by atoms with van der Waals surface area (Å²) in [5.41, 5.74) is 1.08. The van der Waals surface area contributed by atoms with E-state index < -0.39 is 0 Å². The van der Waals surface area contributed by atoms with Gasteiger partial charge in [-0.3, -0.25) is 0 Å². The van der Waals surface area contributed by atoms with Gasteiger partial charge in [0.2, 0.25) is 0 Å². The monoisotopic (exact) mass is 182 g/mol. The second kappa shape index (κ2) is 5.69. The minimum atomic E-state index is 0. The molecule has 1 aromatic rings. The molecule has 0 amide bonds. The van der Waals surface area contributed by atoms with Crippen LogP contribution in [0.4, 0.5) is 0 Å². The van der Waals surface area contributed by atoms with Gasteiger partial charge in [-0.15, -0.1) is 11.6 Å². The lowest BCUT2D eigenvalue weighted by Gasteiger charge is -1.99. The fourth-order valence-electron chi connectivity index (χ4n) is 0.756. The first-order chi connectivity index (χ1) is 4.86. The van der Waals surface area contributed by atoms with Crippen LogP contribution in [0, 0.1) is 0 Å². The van der Waals surface area contributed by atoms with E-state index in [1.54, 1.807) is 7.11 Å². The first kappa shape index (κ1) is 11.1. The Morgan fingerprint density at radius 3 is 2.73 bits per heavy atom. The molecular formula is C8H11ClMgO. The predicted octanol–water partition coefficient (Wildman–Crippen LogP) is 1.52. The molecule has 11 heavy (non-hydrogen) atoms. The van der Waals surface area contributed by atoms with Gasteiger partial charge in [0.05, 0.1) is 7.11 Å². The molecule has 0 saturated heterocycles. The molecule has 0 saturated carbocycles. The van der Waals surface area contributed by atoms with Gasteiger partial charge < -0.3 is 4.74 Å². The SMILES string of the molecule is COc1cccc(CCl)c1.[MgH2]. The van der Waals surface area contributed by atoms with Crippen LogP contribution in [-0.2, 0) is 5.88 Å². The number of hydrogen-bond donors (Lipinski definition) is 0. The van der Waals surface area contributed by atoms with Gasteiger partial charge >= 0.3 is 23.1 Å². The van der Waals surface area contributed by atoms with Crippen LogP contribution >= 0.6 is 11.6 Å². The summed E-state index contributed by atoms with van der Waals surface area (Å²) in [5.74, 6) is 1.40. The molecule has 0 N–H and O–H groups in total. The number of methoxy groups -OCH3 is 1. The average molecular weight is 183 g/mol. The highest BCUT2D eigenvalue weighted by atomic mass is 35.5. The molecule has 0 bridgehead atoms. The van der Waals surface area contributed by atoms with Crippen molar-refractivity contribution in [2.75, 3.05) is 7.11 Å². The Labute approximate surface area is 87.8 Å². The van der Waals surface area contributed by atoms with E-state index >= 15 is 0 Å². The molecule has 0 aromatic heterocycles. The summed E-state index contributed by atoms with van der Waals surface area (Å²) < 4.78 is 5.00. The topological polar surface area (TPSA) is 9.23 Å². The van der Waals surface area contributed by atoms with Gasteiger partial charge in [0.15, 0.2) is 0 Å². The van der Waals surface area contributed by atoms with Crippen LogP contribution < -0.4 is 4.74 Å². The van der Waals surface area contributed by atoms with E-state index in [1.165, 1.54) is 0 Å². The molecule has 0 aliphatic rings. The van der Waals surface area contributed by atoms with E-state index in [2.05, 4.69) is 0 Å². The van der Waals surface area contributed by atoms with E-state index in [9.17, 15) is 0 Å². The minimum Gasteiger partial charge on any atom is -0.497 e. The normalized spacial score (nSPS) is 8.55. The van der Waals surface area contributed by atoms with Crippen molar-refractivity contribution in [2.24, 2.45) is 0 Å². The average Bonchev–Trinajstić information content (AvgIpc) is 2.05. The number of alkyl halides is 1. The summed E-state index contributed by atoms with van der Waals surface area (Å²) >= 11 is 5.60. The highest BCUT2D eigenvalue weighted by Crippen LogP contribution is 2.13. The van der Waals surface area contributed by atoms with Gasteiger partial charge in [-0.25, -0.2) is 0 Å². The predicted molar refractivity (Wildman–Crippen MR) is 51.1 cm³/mol. The van der Waals surface area contributed by atoms with Crippen molar-refractivity contribution in [1.82, 2.24) is 0 Å². The molecule has 0 atom stereocenters. The van der Waals surface area contributed by atoms with Gasteiger partial charge in [0.25, 0.3) is 0 Å². The fourth-order valence-corrected chi connectivity index (χ4v) is 0.922. The molecule has 58 valence electrons. The van der Waals surface area contributed by atoms with E-state index in [-0.39, 0.29) is 23.1 Å². The van der Waals surface area contributed by atoms with Gasteiger partial charge in [-0.05, 0) is 17.7 Å². The number of halogens is 1. The Morgan fingerprint density at radius 2 is 2.18 bits per heavy atom. The maximum absolute atomic E-state index is 5.60. The molecule has 1 nitrogen and oxygen atoms in total. The van der Waals surface area contributed by atoms with Crippen LogP contribution in [-0.4, -0.2) is 30.2 Å². The number of benzene rings is 1. The standard InChI is InChI=1S/C8H9ClO.Mg.2H/c1-10-8-4-2-3-7(5-8)6-9;;;/h2-5H,6H2,1H3;;;. The van der Waals surface area contributed by atoms with Crippen LogP contribution in [0.3, 0.4) is 0 Å². The van der Waals surface area contributed by atoms with Gasteiger partial charge in [0.1, 0.15) is 5.75 Å². The first-order valence-electron chi connectivity index (χ1n) is 3.05. The lowest BCUT2D eigenvalue weighted by Crippen LogP contribution is -1.83. The molecule has 0 aliphatic heterocycles. The van der Waals surface area contributed by atoms with E-state index in [0.717, 1.165) is 11.3 Å². The van der Waals surface area contributed by atoms with Crippen molar-refractivity contribution in [3.05, 3.63) is 29.8 Å². The van der Waals surface area contributed by atoms with Gasteiger partial charge in [0, 0.05) is 5.88 Å². The Morgan fingerprint density at radius 1 is 1.45 bits per heavy atom. The third-order valence-corrected chi connectivity index (χ3v) is 1.60. The highest BCUT2D eigenvalue weighted by Gasteiger charge is 1.91. The summed E-state index contributed by atoms with van der Waals surface area (Å²) in [6, 6.07) is 7.72. The van der Waals surface area contributed by atoms with E-state index in [4.69, 9.17) is 16.3 Å². The van der Waals surface area contributed by atoms with Crippen LogP contribution in [0.1, 0.15) is 5.56 Å². The van der Waals surface area contributed by atoms with Crippen LogP contribution in [0.25, 0.3) is 0 Å². The van der Waals surface area contributed by atoms with Crippen molar-refractivity contribution >= 4 is 34.7 Å². The van der Waals surface area contributed by atoms with Crippen molar-refractivity contribution in [1.29, 1.82) is 0 Å². The first-order valence-corrected chi connectivity index (χ1v) is 3.59. The van der Waals surface area contributed by atoms with Crippen molar-refractivity contribution < 1.29 is 4.74 Å². The second-order valence-electron chi connectivity index (χ2n) is 1.99. The summed E-state index contributed by atoms with van der Waals surface area (Å²) in [5, 5.41) is 0. The molecule has 0 heterocycles. The van der Waals surface area contributed by atoms with Gasteiger partial charge in [-0.2, -0.15) is 0 Å². The third kappa shape index (κ3) is 3.32.